The molecule has 112 valence electrons. The van der Waals surface area contributed by atoms with Crippen LogP contribution < -0.4 is 5.32 Å². The molecule has 0 radical (unpaired) electrons. The van der Waals surface area contributed by atoms with Crippen LogP contribution in [0.3, 0.4) is 0 Å². The smallest absolute Gasteiger partial charge is 0.0178 e. The summed E-state index contributed by atoms with van der Waals surface area (Å²) in [6.07, 6.45) is 1.07. The summed E-state index contributed by atoms with van der Waals surface area (Å²) in [6.45, 7) is 7.60. The molecule has 0 aliphatic heterocycles. The van der Waals surface area contributed by atoms with Crippen molar-refractivity contribution in [2.45, 2.75) is 39.2 Å². The molecule has 0 aliphatic carbocycles. The summed E-state index contributed by atoms with van der Waals surface area (Å²) in [5.74, 6) is 0.492. The molecule has 0 aliphatic rings. The maximum absolute atomic E-state index is 3.59. The van der Waals surface area contributed by atoms with Crippen molar-refractivity contribution in [3.05, 3.63) is 69.7 Å². The lowest BCUT2D eigenvalue weighted by Crippen LogP contribution is -2.29. The molecule has 0 fully saturated rings. The normalized spacial score (nSPS) is 12.6. The van der Waals surface area contributed by atoms with Gasteiger partial charge in [0.2, 0.25) is 0 Å². The Kier molecular flexibility index (Phi) is 6.01. The van der Waals surface area contributed by atoms with E-state index in [0.717, 1.165) is 17.4 Å². The fourth-order valence-electron chi connectivity index (χ4n) is 2.55. The first kappa shape index (κ1) is 16.3. The average Bonchev–Trinajstić information content (AvgIpc) is 2.45. The number of halogens is 1. The highest BCUT2D eigenvalue weighted by Crippen LogP contribution is 2.24. The van der Waals surface area contributed by atoms with Gasteiger partial charge in [0.1, 0.15) is 0 Å². The SMILES string of the molecule is Cc1ccccc1CC(CNC(C)C)c1cccc(Br)c1. The first-order valence-corrected chi connectivity index (χ1v) is 8.39. The van der Waals surface area contributed by atoms with Gasteiger partial charge in [0.15, 0.2) is 0 Å². The molecule has 0 spiro atoms. The first-order valence-electron chi connectivity index (χ1n) is 7.59. The van der Waals surface area contributed by atoms with E-state index < -0.39 is 0 Å². The Morgan fingerprint density at radius 2 is 1.81 bits per heavy atom. The fourth-order valence-corrected chi connectivity index (χ4v) is 2.97. The van der Waals surface area contributed by atoms with Crippen molar-refractivity contribution in [3.63, 3.8) is 0 Å². The molecule has 2 heteroatoms. The predicted molar refractivity (Wildman–Crippen MR) is 94.9 cm³/mol. The Hall–Kier alpha value is -1.12. The van der Waals surface area contributed by atoms with Crippen LogP contribution in [0.15, 0.2) is 53.0 Å². The van der Waals surface area contributed by atoms with Crippen LogP contribution in [0.1, 0.15) is 36.5 Å². The van der Waals surface area contributed by atoms with Crippen molar-refractivity contribution in [1.82, 2.24) is 5.32 Å². The maximum atomic E-state index is 3.59. The van der Waals surface area contributed by atoms with Crippen LogP contribution in [0.25, 0.3) is 0 Å². The molecule has 1 atom stereocenters. The highest BCUT2D eigenvalue weighted by atomic mass is 79.9. The topological polar surface area (TPSA) is 12.0 Å². The van der Waals surface area contributed by atoms with Crippen molar-refractivity contribution in [3.8, 4) is 0 Å². The van der Waals surface area contributed by atoms with Crippen LogP contribution in [0.5, 0.6) is 0 Å². The molecule has 2 aromatic carbocycles. The van der Waals surface area contributed by atoms with Crippen LogP contribution in [0, 0.1) is 6.92 Å². The van der Waals surface area contributed by atoms with Gasteiger partial charge in [-0.3, -0.25) is 0 Å². The molecular formula is C19H24BrN. The zero-order valence-electron chi connectivity index (χ0n) is 13.1. The van der Waals surface area contributed by atoms with Crippen LogP contribution >= 0.6 is 15.9 Å². The average molecular weight is 346 g/mol. The molecular weight excluding hydrogens is 322 g/mol. The molecule has 2 rings (SSSR count). The lowest BCUT2D eigenvalue weighted by molar-refractivity contribution is 0.526. The van der Waals surface area contributed by atoms with Gasteiger partial charge < -0.3 is 5.32 Å². The maximum Gasteiger partial charge on any atom is 0.0178 e. The van der Waals surface area contributed by atoms with Crippen LogP contribution in [0.2, 0.25) is 0 Å². The van der Waals surface area contributed by atoms with Gasteiger partial charge in [0, 0.05) is 23.0 Å². The monoisotopic (exact) mass is 345 g/mol. The number of benzene rings is 2. The third-order valence-electron chi connectivity index (χ3n) is 3.82. The van der Waals surface area contributed by atoms with E-state index >= 15 is 0 Å². The van der Waals surface area contributed by atoms with Gasteiger partial charge in [0.05, 0.1) is 0 Å². The van der Waals surface area contributed by atoms with Crippen LogP contribution in [0.4, 0.5) is 0 Å². The van der Waals surface area contributed by atoms with E-state index in [1.807, 2.05) is 0 Å². The van der Waals surface area contributed by atoms with Crippen molar-refractivity contribution in [1.29, 1.82) is 0 Å². The summed E-state index contributed by atoms with van der Waals surface area (Å²) in [5, 5.41) is 3.59. The molecule has 0 heterocycles. The first-order chi connectivity index (χ1) is 10.1. The zero-order valence-corrected chi connectivity index (χ0v) is 14.7. The molecule has 1 nitrogen and oxygen atoms in total. The highest BCUT2D eigenvalue weighted by Gasteiger charge is 2.14. The minimum atomic E-state index is 0.492. The number of aryl methyl sites for hydroxylation is 1. The number of hydrogen-bond donors (Lipinski definition) is 1. The molecule has 21 heavy (non-hydrogen) atoms. The van der Waals surface area contributed by atoms with Gasteiger partial charge in [-0.25, -0.2) is 0 Å². The Labute approximate surface area is 136 Å². The number of rotatable bonds is 6. The largest absolute Gasteiger partial charge is 0.314 e. The zero-order chi connectivity index (χ0) is 15.2. The summed E-state index contributed by atoms with van der Waals surface area (Å²) >= 11 is 3.59. The lowest BCUT2D eigenvalue weighted by Gasteiger charge is -2.21. The highest BCUT2D eigenvalue weighted by molar-refractivity contribution is 9.10. The fraction of sp³-hybridized carbons (Fsp3) is 0.368. The molecule has 2 aromatic rings. The van der Waals surface area contributed by atoms with E-state index in [9.17, 15) is 0 Å². The van der Waals surface area contributed by atoms with Gasteiger partial charge in [-0.2, -0.15) is 0 Å². The van der Waals surface area contributed by atoms with Gasteiger partial charge in [0.25, 0.3) is 0 Å². The number of hydrogen-bond acceptors (Lipinski definition) is 1. The molecule has 0 aromatic heterocycles. The van der Waals surface area contributed by atoms with E-state index in [1.165, 1.54) is 16.7 Å². The third-order valence-corrected chi connectivity index (χ3v) is 4.31. The molecule has 1 unspecified atom stereocenters. The molecule has 0 amide bonds. The Bertz CT molecular complexity index is 577. The molecule has 0 saturated heterocycles. The predicted octanol–water partition coefficient (Wildman–Crippen LogP) is 5.08. The van der Waals surface area contributed by atoms with E-state index in [4.69, 9.17) is 0 Å². The Morgan fingerprint density at radius 3 is 2.48 bits per heavy atom. The number of nitrogens with one attached hydrogen (secondary N) is 1. The molecule has 1 N–H and O–H groups in total. The van der Waals surface area contributed by atoms with Crippen LogP contribution in [-0.4, -0.2) is 12.6 Å². The Balaban J connectivity index is 2.21. The van der Waals surface area contributed by atoms with Gasteiger partial charge >= 0.3 is 0 Å². The lowest BCUT2D eigenvalue weighted by atomic mass is 9.90. The second kappa shape index (κ2) is 7.77. The summed E-state index contributed by atoms with van der Waals surface area (Å²) in [6, 6.07) is 17.9. The van der Waals surface area contributed by atoms with Gasteiger partial charge in [-0.05, 0) is 42.2 Å². The van der Waals surface area contributed by atoms with Crippen molar-refractivity contribution in [2.24, 2.45) is 0 Å². The Morgan fingerprint density at radius 1 is 1.05 bits per heavy atom. The summed E-state index contributed by atoms with van der Waals surface area (Å²) in [7, 11) is 0. The standard InChI is InChI=1S/C19H24BrN/c1-14(2)21-13-18(17-9-6-10-19(20)12-17)11-16-8-5-4-7-15(16)3/h4-10,12,14,18,21H,11,13H2,1-3H3. The van der Waals surface area contributed by atoms with E-state index in [-0.39, 0.29) is 0 Å². The molecule has 0 bridgehead atoms. The van der Waals surface area contributed by atoms with Crippen molar-refractivity contribution < 1.29 is 0 Å². The summed E-state index contributed by atoms with van der Waals surface area (Å²) in [4.78, 5) is 0. The minimum Gasteiger partial charge on any atom is -0.314 e. The minimum absolute atomic E-state index is 0.492. The van der Waals surface area contributed by atoms with E-state index in [2.05, 4.69) is 90.5 Å². The van der Waals surface area contributed by atoms with Crippen molar-refractivity contribution in [2.75, 3.05) is 6.54 Å². The second-order valence-corrected chi connectivity index (χ2v) is 6.86. The third kappa shape index (κ3) is 4.98. The quantitative estimate of drug-likeness (QED) is 0.769. The van der Waals surface area contributed by atoms with Gasteiger partial charge in [-0.15, -0.1) is 0 Å². The van der Waals surface area contributed by atoms with Crippen LogP contribution in [-0.2, 0) is 6.42 Å². The van der Waals surface area contributed by atoms with Crippen molar-refractivity contribution >= 4 is 15.9 Å². The summed E-state index contributed by atoms with van der Waals surface area (Å²) in [5.41, 5.74) is 4.20. The second-order valence-electron chi connectivity index (χ2n) is 5.95. The van der Waals surface area contributed by atoms with E-state index in [0.29, 0.717) is 12.0 Å². The van der Waals surface area contributed by atoms with E-state index in [1.54, 1.807) is 0 Å². The van der Waals surface area contributed by atoms with Gasteiger partial charge in [-0.1, -0.05) is 66.2 Å². The molecule has 0 saturated carbocycles. The summed E-state index contributed by atoms with van der Waals surface area (Å²) < 4.78 is 1.15.